The molecule has 3 unspecified atom stereocenters. The van der Waals surface area contributed by atoms with E-state index in [1.807, 2.05) is 0 Å². The molecule has 2 nitrogen and oxygen atoms in total. The van der Waals surface area contributed by atoms with E-state index in [1.165, 1.54) is 69.3 Å². The summed E-state index contributed by atoms with van der Waals surface area (Å²) >= 11 is 0. The van der Waals surface area contributed by atoms with Crippen LogP contribution in [0.25, 0.3) is 0 Å². The van der Waals surface area contributed by atoms with Crippen LogP contribution in [0.15, 0.2) is 54.6 Å². The second kappa shape index (κ2) is 11.8. The number of hydrogen-bond donors (Lipinski definition) is 0. The highest BCUT2D eigenvalue weighted by Gasteiger charge is 2.30. The summed E-state index contributed by atoms with van der Waals surface area (Å²) < 4.78 is 5.88. The average Bonchev–Trinajstić information content (AvgIpc) is 3.10. The van der Waals surface area contributed by atoms with Gasteiger partial charge < -0.3 is 9.64 Å². The van der Waals surface area contributed by atoms with Crippen LogP contribution in [0.5, 0.6) is 5.75 Å². The number of ether oxygens (including phenoxy) is 1. The number of benzene rings is 2. The van der Waals surface area contributed by atoms with Gasteiger partial charge in [0.1, 0.15) is 5.75 Å². The van der Waals surface area contributed by atoms with Crippen molar-refractivity contribution in [3.63, 3.8) is 0 Å². The number of nitrogens with zero attached hydrogens (tertiary/aromatic N) is 1. The molecule has 0 N–H and O–H groups in total. The smallest absolute Gasteiger partial charge is 0.119 e. The first-order valence-corrected chi connectivity index (χ1v) is 11.8. The zero-order valence-corrected chi connectivity index (χ0v) is 19.3. The lowest BCUT2D eigenvalue weighted by Gasteiger charge is -2.27. The van der Waals surface area contributed by atoms with Gasteiger partial charge in [0, 0.05) is 12.5 Å². The minimum atomic E-state index is 0. The van der Waals surface area contributed by atoms with E-state index < -0.39 is 0 Å². The molecule has 0 spiro atoms. The van der Waals surface area contributed by atoms with E-state index in [1.54, 1.807) is 0 Å². The van der Waals surface area contributed by atoms with Crippen LogP contribution in [-0.2, 0) is 0 Å². The van der Waals surface area contributed by atoms with Crippen molar-refractivity contribution in [1.82, 2.24) is 4.90 Å². The number of likely N-dealkylation sites (tertiary alicyclic amines) is 1. The first kappa shape index (κ1) is 23.2. The van der Waals surface area contributed by atoms with Crippen molar-refractivity contribution in [3.05, 3.63) is 65.7 Å². The molecule has 3 atom stereocenters. The van der Waals surface area contributed by atoms with E-state index in [2.05, 4.69) is 66.4 Å². The minimum Gasteiger partial charge on any atom is -0.494 e. The zero-order valence-electron chi connectivity index (χ0n) is 18.5. The quantitative estimate of drug-likeness (QED) is 0.402. The number of halogens is 1. The summed E-state index contributed by atoms with van der Waals surface area (Å²) in [6, 6.07) is 19.9. The molecule has 2 aromatic carbocycles. The molecule has 0 radical (unpaired) electrons. The maximum atomic E-state index is 5.88. The Kier molecular flexibility index (Phi) is 9.08. The summed E-state index contributed by atoms with van der Waals surface area (Å²) in [5, 5.41) is 0. The van der Waals surface area contributed by atoms with Crippen LogP contribution >= 0.6 is 12.4 Å². The summed E-state index contributed by atoms with van der Waals surface area (Å²) in [4.78, 5) is 2.75. The van der Waals surface area contributed by atoms with Crippen LogP contribution in [0.2, 0.25) is 0 Å². The average molecular weight is 428 g/mol. The second-order valence-electron chi connectivity index (χ2n) is 9.16. The van der Waals surface area contributed by atoms with Crippen molar-refractivity contribution in [3.8, 4) is 5.75 Å². The first-order valence-electron chi connectivity index (χ1n) is 11.8. The molecule has 30 heavy (non-hydrogen) atoms. The molecule has 2 bridgehead atoms. The highest BCUT2D eigenvalue weighted by atomic mass is 35.5. The van der Waals surface area contributed by atoms with Gasteiger partial charge in [-0.25, -0.2) is 0 Å². The van der Waals surface area contributed by atoms with Gasteiger partial charge in [-0.05, 0) is 80.3 Å². The summed E-state index contributed by atoms with van der Waals surface area (Å²) in [5.41, 5.74) is 2.85. The van der Waals surface area contributed by atoms with Gasteiger partial charge in [-0.15, -0.1) is 12.4 Å². The fraction of sp³-hybridized carbons (Fsp3) is 0.556. The predicted molar refractivity (Wildman–Crippen MR) is 129 cm³/mol. The second-order valence-corrected chi connectivity index (χ2v) is 9.16. The first-order chi connectivity index (χ1) is 14.3. The van der Waals surface area contributed by atoms with Crippen molar-refractivity contribution in [2.24, 2.45) is 11.8 Å². The molecule has 1 heterocycles. The standard InChI is InChI=1S/C27H37NO.ClH/c1-2-3-19-29-26-13-11-25(12-14-26)27(24-7-5-4-6-8-24)16-18-28-17-15-22-9-10-23(20-22)21-28;/h4-8,11-14,22-23,27H,2-3,9-10,15-21H2,1H3;1H. The molecular weight excluding hydrogens is 390 g/mol. The number of hydrogen-bond acceptors (Lipinski definition) is 2. The van der Waals surface area contributed by atoms with E-state index in [-0.39, 0.29) is 12.4 Å². The van der Waals surface area contributed by atoms with Crippen molar-refractivity contribution < 1.29 is 4.74 Å². The summed E-state index contributed by atoms with van der Waals surface area (Å²) in [6.45, 7) is 6.84. The maximum Gasteiger partial charge on any atom is 0.119 e. The fourth-order valence-corrected chi connectivity index (χ4v) is 5.28. The van der Waals surface area contributed by atoms with Crippen LogP contribution in [0.1, 0.15) is 68.9 Å². The topological polar surface area (TPSA) is 12.5 Å². The van der Waals surface area contributed by atoms with Crippen molar-refractivity contribution in [2.45, 2.75) is 57.8 Å². The summed E-state index contributed by atoms with van der Waals surface area (Å²) in [5.74, 6) is 3.42. The van der Waals surface area contributed by atoms with Crippen LogP contribution in [0.4, 0.5) is 0 Å². The Hall–Kier alpha value is -1.51. The Morgan fingerprint density at radius 3 is 2.43 bits per heavy atom. The molecule has 2 aliphatic rings. The molecule has 1 saturated heterocycles. The van der Waals surface area contributed by atoms with Gasteiger partial charge in [0.25, 0.3) is 0 Å². The molecule has 4 rings (SSSR count). The largest absolute Gasteiger partial charge is 0.494 e. The summed E-state index contributed by atoms with van der Waals surface area (Å²) in [6.07, 6.45) is 9.32. The number of rotatable bonds is 9. The number of fused-ring (bicyclic) bond motifs is 2. The lowest BCUT2D eigenvalue weighted by atomic mass is 9.88. The van der Waals surface area contributed by atoms with Crippen LogP contribution in [-0.4, -0.2) is 31.1 Å². The van der Waals surface area contributed by atoms with E-state index in [4.69, 9.17) is 4.74 Å². The lowest BCUT2D eigenvalue weighted by molar-refractivity contribution is 0.231. The molecule has 0 amide bonds. The SMILES string of the molecule is CCCCOc1ccc(C(CCN2CCC3CCC(C3)C2)c2ccccc2)cc1.Cl. The maximum absolute atomic E-state index is 5.88. The van der Waals surface area contributed by atoms with Crippen LogP contribution in [0.3, 0.4) is 0 Å². The Balaban J connectivity index is 0.00000256. The molecule has 164 valence electrons. The third-order valence-corrected chi connectivity index (χ3v) is 7.00. The van der Waals surface area contributed by atoms with Gasteiger partial charge in [-0.2, -0.15) is 0 Å². The Morgan fingerprint density at radius 2 is 1.67 bits per heavy atom. The Morgan fingerprint density at radius 1 is 0.933 bits per heavy atom. The predicted octanol–water partition coefficient (Wildman–Crippen LogP) is 6.93. The summed E-state index contributed by atoms with van der Waals surface area (Å²) in [7, 11) is 0. The molecule has 2 aromatic rings. The highest BCUT2D eigenvalue weighted by molar-refractivity contribution is 5.85. The van der Waals surface area contributed by atoms with Crippen LogP contribution in [0, 0.1) is 11.8 Å². The molecule has 0 aromatic heterocycles. The molecule has 2 fully saturated rings. The van der Waals surface area contributed by atoms with Gasteiger partial charge >= 0.3 is 0 Å². The van der Waals surface area contributed by atoms with E-state index in [0.717, 1.165) is 30.6 Å². The lowest BCUT2D eigenvalue weighted by Crippen LogP contribution is -2.31. The molecule has 3 heteroatoms. The third-order valence-electron chi connectivity index (χ3n) is 7.00. The third kappa shape index (κ3) is 6.25. The van der Waals surface area contributed by atoms with Gasteiger partial charge in [0.2, 0.25) is 0 Å². The number of unbranched alkanes of at least 4 members (excludes halogenated alkanes) is 1. The minimum absolute atomic E-state index is 0. The van der Waals surface area contributed by atoms with E-state index in [9.17, 15) is 0 Å². The van der Waals surface area contributed by atoms with Gasteiger partial charge in [0.05, 0.1) is 6.61 Å². The highest BCUT2D eigenvalue weighted by Crippen LogP contribution is 2.37. The molecular formula is C27H38ClNO. The van der Waals surface area contributed by atoms with Gasteiger partial charge in [-0.3, -0.25) is 0 Å². The van der Waals surface area contributed by atoms with Crippen LogP contribution < -0.4 is 4.74 Å². The Bertz CT molecular complexity index is 732. The van der Waals surface area contributed by atoms with Crippen molar-refractivity contribution in [2.75, 3.05) is 26.2 Å². The monoisotopic (exact) mass is 427 g/mol. The zero-order chi connectivity index (χ0) is 19.9. The van der Waals surface area contributed by atoms with E-state index in [0.29, 0.717) is 5.92 Å². The molecule has 1 aliphatic heterocycles. The van der Waals surface area contributed by atoms with Crippen molar-refractivity contribution >= 4 is 12.4 Å². The fourth-order valence-electron chi connectivity index (χ4n) is 5.28. The molecule has 1 saturated carbocycles. The molecule has 1 aliphatic carbocycles. The van der Waals surface area contributed by atoms with Gasteiger partial charge in [0.15, 0.2) is 0 Å². The van der Waals surface area contributed by atoms with E-state index >= 15 is 0 Å². The van der Waals surface area contributed by atoms with Gasteiger partial charge in [-0.1, -0.05) is 62.2 Å². The normalized spacial score (nSPS) is 22.2. The Labute approximate surface area is 189 Å². The van der Waals surface area contributed by atoms with Crippen molar-refractivity contribution in [1.29, 1.82) is 0 Å².